The maximum atomic E-state index is 6.12. The van der Waals surface area contributed by atoms with Crippen LogP contribution in [0.4, 0.5) is 0 Å². The molecule has 0 spiro atoms. The van der Waals surface area contributed by atoms with Crippen LogP contribution < -0.4 is 5.46 Å². The molecule has 1 aromatic heterocycles. The van der Waals surface area contributed by atoms with Gasteiger partial charge in [-0.15, -0.1) is 0 Å². The lowest BCUT2D eigenvalue weighted by Gasteiger charge is -2.32. The predicted molar refractivity (Wildman–Crippen MR) is 76.7 cm³/mol. The minimum atomic E-state index is -0.295. The molecule has 1 aliphatic carbocycles. The molecule has 2 heterocycles. The highest BCUT2D eigenvalue weighted by molar-refractivity contribution is 6.62. The first-order chi connectivity index (χ1) is 8.82. The summed E-state index contributed by atoms with van der Waals surface area (Å²) < 4.78 is 12.2. The van der Waals surface area contributed by atoms with Crippen LogP contribution in [0.25, 0.3) is 0 Å². The third-order valence-corrected chi connectivity index (χ3v) is 4.82. The van der Waals surface area contributed by atoms with Crippen LogP contribution >= 0.6 is 0 Å². The molecule has 0 amide bonds. The van der Waals surface area contributed by atoms with Gasteiger partial charge in [0, 0.05) is 17.9 Å². The van der Waals surface area contributed by atoms with Crippen LogP contribution in [-0.4, -0.2) is 23.3 Å². The number of rotatable bonds is 2. The minimum absolute atomic E-state index is 0.292. The van der Waals surface area contributed by atoms with Gasteiger partial charge in [0.15, 0.2) is 0 Å². The Kier molecular flexibility index (Phi) is 2.81. The Morgan fingerprint density at radius 1 is 1.11 bits per heavy atom. The van der Waals surface area contributed by atoms with E-state index in [1.54, 1.807) is 0 Å². The van der Waals surface area contributed by atoms with Gasteiger partial charge in [-0.1, -0.05) is 0 Å². The number of nitrogens with zero attached hydrogens (tertiary/aromatic N) is 1. The van der Waals surface area contributed by atoms with E-state index in [0.29, 0.717) is 5.92 Å². The zero-order valence-corrected chi connectivity index (χ0v) is 12.5. The first kappa shape index (κ1) is 13.1. The average Bonchev–Trinajstić information content (AvgIpc) is 3.08. The highest BCUT2D eigenvalue weighted by atomic mass is 16.7. The molecule has 0 bridgehead atoms. The molecule has 19 heavy (non-hydrogen) atoms. The molecule has 1 saturated carbocycles. The van der Waals surface area contributed by atoms with Gasteiger partial charge in [0.2, 0.25) is 0 Å². The molecular formula is C15H22BNO2. The first-order valence-electron chi connectivity index (χ1n) is 7.12. The second kappa shape index (κ2) is 4.06. The summed E-state index contributed by atoms with van der Waals surface area (Å²) in [5, 5.41) is 0. The van der Waals surface area contributed by atoms with Crippen molar-refractivity contribution in [3.63, 3.8) is 0 Å². The van der Waals surface area contributed by atoms with Gasteiger partial charge in [0.25, 0.3) is 0 Å². The maximum Gasteiger partial charge on any atom is 0.496 e. The standard InChI is InChI=1S/C15H22BNO2/c1-10-12(11-6-7-11)8-17-9-13(10)16-18-14(2,3)15(4,5)19-16/h8-9,11H,6-7H2,1-5H3. The normalized spacial score (nSPS) is 24.8. The van der Waals surface area contributed by atoms with Crippen LogP contribution in [0.5, 0.6) is 0 Å². The van der Waals surface area contributed by atoms with Gasteiger partial charge in [0.05, 0.1) is 11.2 Å². The van der Waals surface area contributed by atoms with Gasteiger partial charge >= 0.3 is 7.12 Å². The number of aromatic nitrogens is 1. The molecule has 0 aromatic carbocycles. The molecule has 3 nitrogen and oxygen atoms in total. The number of hydrogen-bond acceptors (Lipinski definition) is 3. The second-order valence-corrected chi connectivity index (χ2v) is 6.81. The van der Waals surface area contributed by atoms with Crippen molar-refractivity contribution in [2.45, 2.75) is 64.6 Å². The molecule has 2 fully saturated rings. The summed E-state index contributed by atoms with van der Waals surface area (Å²) in [5.74, 6) is 0.704. The van der Waals surface area contributed by atoms with Crippen LogP contribution in [0.1, 0.15) is 57.6 Å². The Labute approximate surface area is 115 Å². The molecule has 1 saturated heterocycles. The number of pyridine rings is 1. The van der Waals surface area contributed by atoms with E-state index in [1.165, 1.54) is 24.0 Å². The van der Waals surface area contributed by atoms with E-state index in [1.807, 2.05) is 12.4 Å². The molecule has 1 aliphatic heterocycles. The summed E-state index contributed by atoms with van der Waals surface area (Å²) in [7, 11) is -0.295. The zero-order chi connectivity index (χ0) is 13.8. The average molecular weight is 259 g/mol. The molecule has 0 radical (unpaired) electrons. The molecule has 0 N–H and O–H groups in total. The molecule has 1 aromatic rings. The minimum Gasteiger partial charge on any atom is -0.399 e. The molecule has 0 unspecified atom stereocenters. The largest absolute Gasteiger partial charge is 0.496 e. The first-order valence-corrected chi connectivity index (χ1v) is 7.12. The van der Waals surface area contributed by atoms with Crippen molar-refractivity contribution in [3.8, 4) is 0 Å². The second-order valence-electron chi connectivity index (χ2n) is 6.81. The summed E-state index contributed by atoms with van der Waals surface area (Å²) in [6.07, 6.45) is 6.47. The zero-order valence-electron chi connectivity index (χ0n) is 12.5. The van der Waals surface area contributed by atoms with E-state index in [9.17, 15) is 0 Å². The summed E-state index contributed by atoms with van der Waals surface area (Å²) in [4.78, 5) is 4.39. The van der Waals surface area contributed by atoms with Crippen LogP contribution in [-0.2, 0) is 9.31 Å². The fraction of sp³-hybridized carbons (Fsp3) is 0.667. The van der Waals surface area contributed by atoms with E-state index >= 15 is 0 Å². The van der Waals surface area contributed by atoms with Crippen LogP contribution in [0.2, 0.25) is 0 Å². The van der Waals surface area contributed by atoms with Crippen molar-refractivity contribution in [3.05, 3.63) is 23.5 Å². The van der Waals surface area contributed by atoms with Gasteiger partial charge in [-0.05, 0) is 64.5 Å². The summed E-state index contributed by atoms with van der Waals surface area (Å²) in [6.45, 7) is 10.5. The fourth-order valence-electron chi connectivity index (χ4n) is 2.57. The Hall–Kier alpha value is -0.865. The summed E-state index contributed by atoms with van der Waals surface area (Å²) in [6, 6.07) is 0. The third-order valence-electron chi connectivity index (χ3n) is 4.82. The van der Waals surface area contributed by atoms with E-state index in [2.05, 4.69) is 39.6 Å². The molecule has 4 heteroatoms. The molecule has 0 atom stereocenters. The Bertz CT molecular complexity index is 493. The van der Waals surface area contributed by atoms with Gasteiger partial charge in [-0.25, -0.2) is 0 Å². The van der Waals surface area contributed by atoms with Crippen LogP contribution in [0.15, 0.2) is 12.4 Å². The van der Waals surface area contributed by atoms with Crippen molar-refractivity contribution in [2.24, 2.45) is 0 Å². The number of hydrogen-bond donors (Lipinski definition) is 0. The highest BCUT2D eigenvalue weighted by Gasteiger charge is 2.52. The van der Waals surface area contributed by atoms with E-state index in [-0.39, 0.29) is 18.3 Å². The Morgan fingerprint density at radius 2 is 1.68 bits per heavy atom. The Morgan fingerprint density at radius 3 is 2.21 bits per heavy atom. The lowest BCUT2D eigenvalue weighted by molar-refractivity contribution is 0.00578. The maximum absolute atomic E-state index is 6.12. The lowest BCUT2D eigenvalue weighted by Crippen LogP contribution is -2.41. The van der Waals surface area contributed by atoms with Crippen molar-refractivity contribution >= 4 is 12.6 Å². The van der Waals surface area contributed by atoms with E-state index < -0.39 is 0 Å². The molecule has 3 rings (SSSR count). The molecule has 102 valence electrons. The van der Waals surface area contributed by atoms with E-state index in [4.69, 9.17) is 9.31 Å². The van der Waals surface area contributed by atoms with Gasteiger partial charge in [0.1, 0.15) is 0 Å². The molecule has 2 aliphatic rings. The SMILES string of the molecule is Cc1c(B2OC(C)(C)C(C)(C)O2)cncc1C1CC1. The summed E-state index contributed by atoms with van der Waals surface area (Å²) >= 11 is 0. The van der Waals surface area contributed by atoms with E-state index in [0.717, 1.165) is 5.46 Å². The van der Waals surface area contributed by atoms with Crippen molar-refractivity contribution in [2.75, 3.05) is 0 Å². The Balaban J connectivity index is 1.94. The summed E-state index contributed by atoms with van der Waals surface area (Å²) in [5.41, 5.74) is 3.16. The monoisotopic (exact) mass is 259 g/mol. The highest BCUT2D eigenvalue weighted by Crippen LogP contribution is 2.41. The van der Waals surface area contributed by atoms with Gasteiger partial charge in [-0.2, -0.15) is 0 Å². The van der Waals surface area contributed by atoms with Crippen LogP contribution in [0.3, 0.4) is 0 Å². The molecular weight excluding hydrogens is 237 g/mol. The van der Waals surface area contributed by atoms with Crippen molar-refractivity contribution in [1.29, 1.82) is 0 Å². The smallest absolute Gasteiger partial charge is 0.399 e. The lowest BCUT2D eigenvalue weighted by atomic mass is 9.76. The predicted octanol–water partition coefficient (Wildman–Crippen LogP) is 2.57. The van der Waals surface area contributed by atoms with Gasteiger partial charge in [-0.3, -0.25) is 4.98 Å². The quantitative estimate of drug-likeness (QED) is 0.765. The van der Waals surface area contributed by atoms with Crippen LogP contribution in [0, 0.1) is 6.92 Å². The third kappa shape index (κ3) is 2.11. The van der Waals surface area contributed by atoms with Gasteiger partial charge < -0.3 is 9.31 Å². The fourth-order valence-corrected chi connectivity index (χ4v) is 2.57. The van der Waals surface area contributed by atoms with Crippen molar-refractivity contribution in [1.82, 2.24) is 4.98 Å². The van der Waals surface area contributed by atoms with Crippen molar-refractivity contribution < 1.29 is 9.31 Å². The topological polar surface area (TPSA) is 31.4 Å².